The zero-order valence-electron chi connectivity index (χ0n) is 15.1. The monoisotopic (exact) mass is 413 g/mol. The van der Waals surface area contributed by atoms with E-state index in [2.05, 4.69) is 4.72 Å². The van der Waals surface area contributed by atoms with E-state index in [0.717, 1.165) is 11.6 Å². The molecule has 0 aliphatic carbocycles. The molecule has 146 valence electrons. The summed E-state index contributed by atoms with van der Waals surface area (Å²) in [7, 11) is -0.265. The minimum atomic E-state index is -3.88. The number of hydrogen-bond acceptors (Lipinski definition) is 6. The van der Waals surface area contributed by atoms with E-state index in [-0.39, 0.29) is 28.0 Å². The van der Waals surface area contributed by atoms with Gasteiger partial charge in [0, 0.05) is 19.2 Å². The van der Waals surface area contributed by atoms with Gasteiger partial charge in [0.2, 0.25) is 15.8 Å². The first-order chi connectivity index (χ1) is 12.6. The van der Waals surface area contributed by atoms with Crippen LogP contribution in [0.1, 0.15) is 5.56 Å². The molecule has 0 atom stereocenters. The van der Waals surface area contributed by atoms with E-state index in [1.807, 2.05) is 25.9 Å². The lowest BCUT2D eigenvalue weighted by atomic mass is 10.2. The zero-order valence-corrected chi connectivity index (χ0v) is 16.7. The summed E-state index contributed by atoms with van der Waals surface area (Å²) < 4.78 is 32.7. The van der Waals surface area contributed by atoms with E-state index in [1.165, 1.54) is 12.1 Å². The van der Waals surface area contributed by atoms with Gasteiger partial charge in [-0.2, -0.15) is 0 Å². The number of halogens is 1. The number of benzene rings is 2. The fourth-order valence-corrected chi connectivity index (χ4v) is 3.38. The van der Waals surface area contributed by atoms with Gasteiger partial charge in [-0.1, -0.05) is 17.7 Å². The van der Waals surface area contributed by atoms with E-state index in [9.17, 15) is 18.5 Å². The van der Waals surface area contributed by atoms with Crippen molar-refractivity contribution < 1.29 is 18.1 Å². The van der Waals surface area contributed by atoms with Gasteiger partial charge in [0.25, 0.3) is 0 Å². The van der Waals surface area contributed by atoms with Crippen molar-refractivity contribution in [2.75, 3.05) is 27.2 Å². The second-order valence-corrected chi connectivity index (χ2v) is 8.30. The number of likely N-dealkylation sites (N-methyl/N-ethyl adjacent to an activating group) is 1. The predicted molar refractivity (Wildman–Crippen MR) is 103 cm³/mol. The third-order valence-corrected chi connectivity index (χ3v) is 5.37. The quantitative estimate of drug-likeness (QED) is 0.526. The number of sulfonamides is 1. The summed E-state index contributed by atoms with van der Waals surface area (Å²) >= 11 is 6.06. The maximum atomic E-state index is 12.3. The van der Waals surface area contributed by atoms with Crippen LogP contribution < -0.4 is 9.46 Å². The molecule has 0 aliphatic heterocycles. The van der Waals surface area contributed by atoms with Gasteiger partial charge in [0.15, 0.2) is 0 Å². The van der Waals surface area contributed by atoms with Crippen LogP contribution in [0, 0.1) is 17.0 Å². The molecule has 0 spiro atoms. The number of nitrogens with one attached hydrogen (secondary N) is 1. The first-order valence-electron chi connectivity index (χ1n) is 7.97. The van der Waals surface area contributed by atoms with Crippen LogP contribution in [0.2, 0.25) is 5.02 Å². The molecule has 2 rings (SSSR count). The van der Waals surface area contributed by atoms with Crippen molar-refractivity contribution in [2.24, 2.45) is 0 Å². The molecule has 0 unspecified atom stereocenters. The zero-order chi connectivity index (χ0) is 20.2. The molecule has 0 bridgehead atoms. The maximum Gasteiger partial charge on any atom is 0.312 e. The summed E-state index contributed by atoms with van der Waals surface area (Å²) in [6, 6.07) is 8.50. The van der Waals surface area contributed by atoms with Crippen molar-refractivity contribution in [3.8, 4) is 11.5 Å². The van der Waals surface area contributed by atoms with E-state index in [0.29, 0.717) is 6.54 Å². The van der Waals surface area contributed by atoms with Crippen LogP contribution in [0.25, 0.3) is 0 Å². The maximum absolute atomic E-state index is 12.3. The van der Waals surface area contributed by atoms with Gasteiger partial charge >= 0.3 is 5.69 Å². The average Bonchev–Trinajstić information content (AvgIpc) is 2.57. The number of nitrogens with zero attached hydrogens (tertiary/aromatic N) is 2. The van der Waals surface area contributed by atoms with Gasteiger partial charge < -0.3 is 9.64 Å². The number of hydrogen-bond donors (Lipinski definition) is 1. The van der Waals surface area contributed by atoms with Crippen molar-refractivity contribution in [3.05, 3.63) is 57.1 Å². The molecule has 27 heavy (non-hydrogen) atoms. The molecule has 0 aromatic heterocycles. The van der Waals surface area contributed by atoms with Crippen LogP contribution >= 0.6 is 11.6 Å². The Morgan fingerprint density at radius 3 is 2.52 bits per heavy atom. The lowest BCUT2D eigenvalue weighted by Crippen LogP contribution is -2.31. The van der Waals surface area contributed by atoms with Gasteiger partial charge in [-0.05, 0) is 50.8 Å². The Kier molecular flexibility index (Phi) is 6.77. The fraction of sp³-hybridized carbons (Fsp3) is 0.294. The Balaban J connectivity index is 2.34. The SMILES string of the molecule is Cc1ccc(Cl)c(Oc2ccc(S(=O)(=O)NCCN(C)C)cc2[N+](=O)[O-])c1. The van der Waals surface area contributed by atoms with Crippen molar-refractivity contribution in [1.82, 2.24) is 9.62 Å². The number of rotatable bonds is 8. The Morgan fingerprint density at radius 1 is 1.19 bits per heavy atom. The molecule has 2 aromatic carbocycles. The number of ether oxygens (including phenoxy) is 1. The minimum absolute atomic E-state index is 0.0975. The average molecular weight is 414 g/mol. The first-order valence-corrected chi connectivity index (χ1v) is 9.83. The van der Waals surface area contributed by atoms with Gasteiger partial charge in [0.1, 0.15) is 5.75 Å². The van der Waals surface area contributed by atoms with Gasteiger partial charge in [-0.3, -0.25) is 10.1 Å². The van der Waals surface area contributed by atoms with Gasteiger partial charge in [-0.25, -0.2) is 13.1 Å². The second kappa shape index (κ2) is 8.66. The smallest absolute Gasteiger partial charge is 0.312 e. The largest absolute Gasteiger partial charge is 0.449 e. The highest BCUT2D eigenvalue weighted by Gasteiger charge is 2.23. The van der Waals surface area contributed by atoms with Gasteiger partial charge in [0.05, 0.1) is 14.8 Å². The summed E-state index contributed by atoms with van der Waals surface area (Å²) in [6.07, 6.45) is 0. The van der Waals surface area contributed by atoms with Crippen LogP contribution in [0.3, 0.4) is 0 Å². The summed E-state index contributed by atoms with van der Waals surface area (Å²) in [5, 5.41) is 11.7. The molecule has 2 aromatic rings. The van der Waals surface area contributed by atoms with E-state index in [4.69, 9.17) is 16.3 Å². The van der Waals surface area contributed by atoms with E-state index >= 15 is 0 Å². The highest BCUT2D eigenvalue weighted by atomic mass is 35.5. The van der Waals surface area contributed by atoms with Crippen LogP contribution in [-0.2, 0) is 10.0 Å². The Bertz CT molecular complexity index is 948. The molecule has 0 saturated heterocycles. The van der Waals surface area contributed by atoms with E-state index < -0.39 is 20.6 Å². The summed E-state index contributed by atoms with van der Waals surface area (Å²) in [5.41, 5.74) is 0.393. The van der Waals surface area contributed by atoms with Crippen molar-refractivity contribution >= 4 is 27.3 Å². The molecule has 0 saturated carbocycles. The Hall–Kier alpha value is -2.20. The Labute approximate surface area is 162 Å². The third kappa shape index (κ3) is 5.64. The molecule has 0 radical (unpaired) electrons. The molecular weight excluding hydrogens is 394 g/mol. The topological polar surface area (TPSA) is 102 Å². The summed E-state index contributed by atoms with van der Waals surface area (Å²) in [4.78, 5) is 12.3. The molecular formula is C17H20ClN3O5S. The summed E-state index contributed by atoms with van der Waals surface area (Å²) in [6.45, 7) is 2.50. The molecule has 0 amide bonds. The fourth-order valence-electron chi connectivity index (χ4n) is 2.19. The number of nitro groups is 1. The Morgan fingerprint density at radius 2 is 1.89 bits per heavy atom. The number of aryl methyl sites for hydroxylation is 1. The molecule has 0 fully saturated rings. The normalized spacial score (nSPS) is 11.6. The van der Waals surface area contributed by atoms with Crippen LogP contribution in [-0.4, -0.2) is 45.4 Å². The highest BCUT2D eigenvalue weighted by Crippen LogP contribution is 2.36. The standard InChI is InChI=1S/C17H20ClN3O5S/c1-12-4-6-14(18)17(10-12)26-16-7-5-13(11-15(16)21(22)23)27(24,25)19-8-9-20(2)3/h4-7,10-11,19H,8-9H2,1-3H3. The summed E-state index contributed by atoms with van der Waals surface area (Å²) in [5.74, 6) is 0.152. The van der Waals surface area contributed by atoms with Crippen LogP contribution in [0.15, 0.2) is 41.3 Å². The third-order valence-electron chi connectivity index (χ3n) is 3.60. The van der Waals surface area contributed by atoms with Crippen molar-refractivity contribution in [2.45, 2.75) is 11.8 Å². The second-order valence-electron chi connectivity index (χ2n) is 6.12. The first kappa shape index (κ1) is 21.1. The highest BCUT2D eigenvalue weighted by molar-refractivity contribution is 7.89. The molecule has 0 aliphatic rings. The lowest BCUT2D eigenvalue weighted by Gasteiger charge is -2.12. The predicted octanol–water partition coefficient (Wildman–Crippen LogP) is 3.19. The van der Waals surface area contributed by atoms with Crippen molar-refractivity contribution in [3.63, 3.8) is 0 Å². The lowest BCUT2D eigenvalue weighted by molar-refractivity contribution is -0.385. The molecule has 8 nitrogen and oxygen atoms in total. The van der Waals surface area contributed by atoms with Crippen LogP contribution in [0.4, 0.5) is 5.69 Å². The molecule has 10 heteroatoms. The van der Waals surface area contributed by atoms with Crippen LogP contribution in [0.5, 0.6) is 11.5 Å². The minimum Gasteiger partial charge on any atom is -0.449 e. The molecule has 0 heterocycles. The van der Waals surface area contributed by atoms with E-state index in [1.54, 1.807) is 18.2 Å². The van der Waals surface area contributed by atoms with Crippen molar-refractivity contribution in [1.29, 1.82) is 0 Å². The van der Waals surface area contributed by atoms with Gasteiger partial charge in [-0.15, -0.1) is 0 Å². The number of nitro benzene ring substituents is 1. The molecule has 1 N–H and O–H groups in total.